The molecule has 1 aromatic heterocycles. The fraction of sp³-hybridized carbons (Fsp3) is 0.222. The summed E-state index contributed by atoms with van der Waals surface area (Å²) < 4.78 is 4.24. The monoisotopic (exact) mass is 194 g/mol. The van der Waals surface area contributed by atoms with E-state index in [0.717, 1.165) is 12.8 Å². The number of nitrogens with one attached hydrogen (secondary N) is 1. The second-order valence-electron chi connectivity index (χ2n) is 2.63. The lowest BCUT2D eigenvalue weighted by atomic mass is 10.3. The normalized spacial score (nSPS) is 9.29. The van der Waals surface area contributed by atoms with Crippen LogP contribution < -0.4 is 5.32 Å². The van der Waals surface area contributed by atoms with Gasteiger partial charge in [-0.05, 0) is 19.1 Å². The Morgan fingerprint density at radius 2 is 2.14 bits per heavy atom. The highest BCUT2D eigenvalue weighted by molar-refractivity contribution is 6.37. The highest BCUT2D eigenvalue weighted by atomic mass is 16.5. The van der Waals surface area contributed by atoms with E-state index in [2.05, 4.69) is 15.0 Å². The molecule has 0 saturated heterocycles. The fourth-order valence-corrected chi connectivity index (χ4v) is 0.817. The predicted molar refractivity (Wildman–Crippen MR) is 49.6 cm³/mol. The molecule has 0 bridgehead atoms. The van der Waals surface area contributed by atoms with Crippen LogP contribution in [0.5, 0.6) is 0 Å². The lowest BCUT2D eigenvalue weighted by Crippen LogP contribution is -2.23. The smallest absolute Gasteiger partial charge is 0.396 e. The Morgan fingerprint density at radius 1 is 1.43 bits per heavy atom. The Labute approximate surface area is 81.1 Å². The summed E-state index contributed by atoms with van der Waals surface area (Å²) in [7, 11) is 1.15. The summed E-state index contributed by atoms with van der Waals surface area (Å²) in [6, 6.07) is 3.38. The number of pyridine rings is 1. The van der Waals surface area contributed by atoms with Crippen molar-refractivity contribution < 1.29 is 14.3 Å². The molecule has 0 fully saturated rings. The van der Waals surface area contributed by atoms with Crippen molar-refractivity contribution in [3.8, 4) is 0 Å². The number of carbonyl (C=O) groups excluding carboxylic acids is 2. The van der Waals surface area contributed by atoms with Crippen LogP contribution in [0, 0.1) is 6.92 Å². The zero-order valence-corrected chi connectivity index (χ0v) is 7.90. The first-order chi connectivity index (χ1) is 6.63. The van der Waals surface area contributed by atoms with Gasteiger partial charge >= 0.3 is 11.9 Å². The highest BCUT2D eigenvalue weighted by Gasteiger charge is 2.13. The van der Waals surface area contributed by atoms with Gasteiger partial charge in [0.25, 0.3) is 0 Å². The van der Waals surface area contributed by atoms with Crippen LogP contribution in [-0.2, 0) is 14.3 Å². The third-order valence-corrected chi connectivity index (χ3v) is 1.54. The second-order valence-corrected chi connectivity index (χ2v) is 2.63. The maximum absolute atomic E-state index is 11.0. The van der Waals surface area contributed by atoms with Crippen LogP contribution in [0.1, 0.15) is 5.69 Å². The van der Waals surface area contributed by atoms with Gasteiger partial charge in [-0.15, -0.1) is 0 Å². The van der Waals surface area contributed by atoms with E-state index in [0.29, 0.717) is 5.69 Å². The lowest BCUT2D eigenvalue weighted by molar-refractivity contribution is -0.150. The van der Waals surface area contributed by atoms with Crippen LogP contribution in [0.25, 0.3) is 0 Å². The van der Waals surface area contributed by atoms with Crippen molar-refractivity contribution in [3.63, 3.8) is 0 Å². The molecule has 1 aromatic rings. The van der Waals surface area contributed by atoms with Crippen molar-refractivity contribution in [1.82, 2.24) is 4.98 Å². The molecule has 0 aliphatic carbocycles. The molecule has 0 spiro atoms. The highest BCUT2D eigenvalue weighted by Crippen LogP contribution is 2.04. The van der Waals surface area contributed by atoms with Gasteiger partial charge in [0.2, 0.25) is 0 Å². The van der Waals surface area contributed by atoms with E-state index in [1.165, 1.54) is 6.20 Å². The summed E-state index contributed by atoms with van der Waals surface area (Å²) in [5.41, 5.74) is 1.30. The van der Waals surface area contributed by atoms with E-state index in [4.69, 9.17) is 0 Å². The minimum Gasteiger partial charge on any atom is -0.462 e. The predicted octanol–water partition coefficient (Wildman–Crippen LogP) is 0.502. The topological polar surface area (TPSA) is 68.3 Å². The van der Waals surface area contributed by atoms with Gasteiger partial charge in [-0.1, -0.05) is 0 Å². The number of hydrogen-bond acceptors (Lipinski definition) is 4. The molecule has 0 radical (unpaired) electrons. The fourth-order valence-electron chi connectivity index (χ4n) is 0.817. The van der Waals surface area contributed by atoms with Gasteiger partial charge in [0.05, 0.1) is 19.0 Å². The zero-order valence-electron chi connectivity index (χ0n) is 7.90. The summed E-state index contributed by atoms with van der Waals surface area (Å²) in [5.74, 6) is -1.73. The largest absolute Gasteiger partial charge is 0.462 e. The number of anilines is 1. The third kappa shape index (κ3) is 2.55. The first-order valence-electron chi connectivity index (χ1n) is 3.95. The molecule has 5 nitrogen and oxygen atoms in total. The lowest BCUT2D eigenvalue weighted by Gasteiger charge is -2.02. The van der Waals surface area contributed by atoms with Gasteiger partial charge in [-0.2, -0.15) is 0 Å². The van der Waals surface area contributed by atoms with Gasteiger partial charge in [0.1, 0.15) is 0 Å². The molecule has 1 heterocycles. The average molecular weight is 194 g/mol. The molecule has 1 rings (SSSR count). The Hall–Kier alpha value is -1.91. The molecule has 0 atom stereocenters. The van der Waals surface area contributed by atoms with Crippen LogP contribution in [0.15, 0.2) is 18.3 Å². The zero-order chi connectivity index (χ0) is 10.6. The summed E-state index contributed by atoms with van der Waals surface area (Å²) in [6.07, 6.45) is 1.47. The Kier molecular flexibility index (Phi) is 3.17. The van der Waals surface area contributed by atoms with Crippen LogP contribution in [0.3, 0.4) is 0 Å². The molecule has 5 heteroatoms. The number of nitrogens with zero attached hydrogens (tertiary/aromatic N) is 1. The van der Waals surface area contributed by atoms with Gasteiger partial charge in [0, 0.05) is 5.69 Å². The number of carbonyl (C=O) groups is 2. The standard InChI is InChI=1S/C9H10N2O3/c1-6-3-4-7(5-10-6)11-8(12)9(13)14-2/h3-5H,1-2H3,(H,11,12). The summed E-state index contributed by atoms with van der Waals surface area (Å²) >= 11 is 0. The molecule has 0 aliphatic rings. The van der Waals surface area contributed by atoms with Crippen LogP contribution in [0.4, 0.5) is 5.69 Å². The number of rotatable bonds is 1. The summed E-state index contributed by atoms with van der Waals surface area (Å²) in [6.45, 7) is 1.83. The van der Waals surface area contributed by atoms with Gasteiger partial charge in [-0.25, -0.2) is 4.79 Å². The van der Waals surface area contributed by atoms with E-state index in [1.807, 2.05) is 6.92 Å². The Balaban J connectivity index is 2.65. The number of amides is 1. The quantitative estimate of drug-likeness (QED) is 0.522. The van der Waals surface area contributed by atoms with Crippen molar-refractivity contribution in [2.75, 3.05) is 12.4 Å². The van der Waals surface area contributed by atoms with Crippen molar-refractivity contribution in [2.24, 2.45) is 0 Å². The molecule has 1 amide bonds. The molecule has 0 unspecified atom stereocenters. The average Bonchev–Trinajstić information content (AvgIpc) is 2.20. The minimum atomic E-state index is -0.925. The molecule has 0 saturated carbocycles. The van der Waals surface area contributed by atoms with E-state index in [1.54, 1.807) is 12.1 Å². The minimum absolute atomic E-state index is 0.464. The molecule has 14 heavy (non-hydrogen) atoms. The summed E-state index contributed by atoms with van der Waals surface area (Å²) in [5, 5.41) is 2.34. The number of ether oxygens (including phenoxy) is 1. The van der Waals surface area contributed by atoms with E-state index in [-0.39, 0.29) is 0 Å². The van der Waals surface area contributed by atoms with Crippen LogP contribution in [0.2, 0.25) is 0 Å². The number of esters is 1. The molecule has 1 N–H and O–H groups in total. The Morgan fingerprint density at radius 3 is 2.64 bits per heavy atom. The van der Waals surface area contributed by atoms with Gasteiger partial charge in [0.15, 0.2) is 0 Å². The number of aromatic nitrogens is 1. The molecular formula is C9H10N2O3. The molecule has 0 aromatic carbocycles. The molecule has 0 aliphatic heterocycles. The van der Waals surface area contributed by atoms with Crippen molar-refractivity contribution in [2.45, 2.75) is 6.92 Å². The van der Waals surface area contributed by atoms with Crippen molar-refractivity contribution >= 4 is 17.6 Å². The SMILES string of the molecule is COC(=O)C(=O)Nc1ccc(C)nc1. The van der Waals surface area contributed by atoms with E-state index in [9.17, 15) is 9.59 Å². The second kappa shape index (κ2) is 4.36. The molecule has 74 valence electrons. The first-order valence-corrected chi connectivity index (χ1v) is 3.95. The molecular weight excluding hydrogens is 184 g/mol. The maximum Gasteiger partial charge on any atom is 0.396 e. The Bertz CT molecular complexity index is 346. The van der Waals surface area contributed by atoms with Crippen molar-refractivity contribution in [1.29, 1.82) is 0 Å². The van der Waals surface area contributed by atoms with Crippen molar-refractivity contribution in [3.05, 3.63) is 24.0 Å². The van der Waals surface area contributed by atoms with E-state index < -0.39 is 11.9 Å². The number of aryl methyl sites for hydroxylation is 1. The first kappa shape index (κ1) is 10.2. The third-order valence-electron chi connectivity index (χ3n) is 1.54. The number of hydrogen-bond donors (Lipinski definition) is 1. The van der Waals surface area contributed by atoms with Gasteiger partial charge < -0.3 is 10.1 Å². The number of methoxy groups -OCH3 is 1. The summed E-state index contributed by atoms with van der Waals surface area (Å²) in [4.78, 5) is 25.7. The maximum atomic E-state index is 11.0. The van der Waals surface area contributed by atoms with Crippen LogP contribution in [-0.4, -0.2) is 24.0 Å². The van der Waals surface area contributed by atoms with Gasteiger partial charge in [-0.3, -0.25) is 9.78 Å². The van der Waals surface area contributed by atoms with Crippen LogP contribution >= 0.6 is 0 Å². The van der Waals surface area contributed by atoms with E-state index >= 15 is 0 Å².